The van der Waals surface area contributed by atoms with E-state index in [2.05, 4.69) is 9.97 Å². The molecule has 1 aliphatic heterocycles. The van der Waals surface area contributed by atoms with Crippen LogP contribution in [0.15, 0.2) is 70.5 Å². The Hall–Kier alpha value is -3.35. The van der Waals surface area contributed by atoms with Gasteiger partial charge in [-0.2, -0.15) is 0 Å². The van der Waals surface area contributed by atoms with Crippen molar-refractivity contribution in [3.8, 4) is 0 Å². The van der Waals surface area contributed by atoms with Crippen molar-refractivity contribution in [2.75, 3.05) is 11.9 Å². The maximum Gasteiger partial charge on any atom is 0.323 e. The molecule has 0 saturated heterocycles. The standard InChI is InChI=1S/C24H18Cl2N4O2/c1-30-21-9-7-15(25)12-16(21)22(14-6-8-18-19(11-14)29-24(32)28-18)27-20(23(30)31)10-13-4-2-3-5-17(13)26/h2-9,11-12,20H,10H2,1H3,(H2,28,29,32). The number of halogens is 2. The summed E-state index contributed by atoms with van der Waals surface area (Å²) in [7, 11) is 1.74. The zero-order valence-electron chi connectivity index (χ0n) is 17.0. The number of rotatable bonds is 3. The molecule has 6 nitrogen and oxygen atoms in total. The normalized spacial score (nSPS) is 16.1. The number of carbonyl (C=O) groups excluding carboxylic acids is 1. The van der Waals surface area contributed by atoms with Crippen molar-refractivity contribution in [3.05, 3.63) is 97.9 Å². The second-order valence-corrected chi connectivity index (χ2v) is 8.53. The van der Waals surface area contributed by atoms with E-state index in [1.807, 2.05) is 42.5 Å². The molecule has 160 valence electrons. The maximum atomic E-state index is 13.4. The first-order valence-electron chi connectivity index (χ1n) is 10.0. The summed E-state index contributed by atoms with van der Waals surface area (Å²) in [5, 5.41) is 1.13. The lowest BCUT2D eigenvalue weighted by Gasteiger charge is -2.20. The summed E-state index contributed by atoms with van der Waals surface area (Å²) in [6, 6.07) is 17.7. The largest absolute Gasteiger partial charge is 0.323 e. The average Bonchev–Trinajstić information content (AvgIpc) is 3.12. The number of likely N-dealkylation sites (N-methyl/N-ethyl adjacent to an activating group) is 1. The highest BCUT2D eigenvalue weighted by Crippen LogP contribution is 2.32. The number of nitrogens with one attached hydrogen (secondary N) is 2. The van der Waals surface area contributed by atoms with Crippen LogP contribution >= 0.6 is 23.2 Å². The molecule has 3 aromatic carbocycles. The minimum Gasteiger partial charge on any atom is -0.313 e. The maximum absolute atomic E-state index is 13.4. The number of amides is 1. The fraction of sp³-hybridized carbons (Fsp3) is 0.125. The van der Waals surface area contributed by atoms with Gasteiger partial charge in [0.05, 0.1) is 22.4 Å². The van der Waals surface area contributed by atoms with Crippen LogP contribution in [0, 0.1) is 0 Å². The number of nitrogens with zero attached hydrogens (tertiary/aromatic N) is 2. The number of fused-ring (bicyclic) bond motifs is 2. The highest BCUT2D eigenvalue weighted by atomic mass is 35.5. The van der Waals surface area contributed by atoms with Crippen molar-refractivity contribution in [1.29, 1.82) is 0 Å². The smallest absolute Gasteiger partial charge is 0.313 e. The summed E-state index contributed by atoms with van der Waals surface area (Å²) in [4.78, 5) is 37.2. The van der Waals surface area contributed by atoms with Gasteiger partial charge in [0, 0.05) is 34.6 Å². The Bertz CT molecular complexity index is 1450. The first-order valence-corrected chi connectivity index (χ1v) is 10.8. The van der Waals surface area contributed by atoms with Crippen molar-refractivity contribution in [3.63, 3.8) is 0 Å². The molecule has 2 heterocycles. The molecule has 32 heavy (non-hydrogen) atoms. The van der Waals surface area contributed by atoms with Crippen LogP contribution < -0.4 is 10.6 Å². The molecule has 0 aliphatic carbocycles. The van der Waals surface area contributed by atoms with Crippen LogP contribution in [-0.2, 0) is 11.2 Å². The minimum absolute atomic E-state index is 0.139. The lowest BCUT2D eigenvalue weighted by atomic mass is 9.99. The molecule has 2 N–H and O–H groups in total. The van der Waals surface area contributed by atoms with Crippen molar-refractivity contribution in [1.82, 2.24) is 9.97 Å². The van der Waals surface area contributed by atoms with Gasteiger partial charge in [-0.25, -0.2) is 4.79 Å². The van der Waals surface area contributed by atoms with Gasteiger partial charge in [0.2, 0.25) is 0 Å². The Labute approximate surface area is 193 Å². The predicted molar refractivity (Wildman–Crippen MR) is 128 cm³/mol. The van der Waals surface area contributed by atoms with Crippen molar-refractivity contribution >= 4 is 51.5 Å². The summed E-state index contributed by atoms with van der Waals surface area (Å²) in [5.74, 6) is -0.139. The molecule has 8 heteroatoms. The van der Waals surface area contributed by atoms with E-state index in [9.17, 15) is 9.59 Å². The molecule has 0 spiro atoms. The van der Waals surface area contributed by atoms with Crippen molar-refractivity contribution in [2.24, 2.45) is 4.99 Å². The lowest BCUT2D eigenvalue weighted by Crippen LogP contribution is -2.36. The van der Waals surface area contributed by atoms with Crippen molar-refractivity contribution < 1.29 is 4.79 Å². The molecule has 5 rings (SSSR count). The molecule has 1 unspecified atom stereocenters. The van der Waals surface area contributed by atoms with Gasteiger partial charge in [0.1, 0.15) is 6.04 Å². The van der Waals surface area contributed by atoms with E-state index < -0.39 is 6.04 Å². The third-order valence-corrected chi connectivity index (χ3v) is 6.24. The first-order chi connectivity index (χ1) is 15.4. The number of anilines is 1. The van der Waals surface area contributed by atoms with Crippen LogP contribution in [0.25, 0.3) is 11.0 Å². The van der Waals surface area contributed by atoms with Crippen molar-refractivity contribution in [2.45, 2.75) is 12.5 Å². The van der Waals surface area contributed by atoms with Gasteiger partial charge in [-0.3, -0.25) is 9.79 Å². The highest BCUT2D eigenvalue weighted by molar-refractivity contribution is 6.32. The molecule has 1 aromatic heterocycles. The predicted octanol–water partition coefficient (Wildman–Crippen LogP) is 4.59. The Kier molecular flexibility index (Phi) is 5.12. The van der Waals surface area contributed by atoms with Crippen LogP contribution in [0.4, 0.5) is 5.69 Å². The number of benzene rings is 3. The summed E-state index contributed by atoms with van der Waals surface area (Å²) in [5.41, 5.74) is 4.76. The second kappa shape index (κ2) is 7.97. The highest BCUT2D eigenvalue weighted by Gasteiger charge is 2.30. The SMILES string of the molecule is CN1C(=O)C(Cc2ccccc2Cl)N=C(c2ccc3[nH]c(=O)[nH]c3c2)c2cc(Cl)ccc21. The van der Waals surface area contributed by atoms with Crippen LogP contribution in [-0.4, -0.2) is 34.7 Å². The van der Waals surface area contributed by atoms with Gasteiger partial charge in [-0.05, 0) is 42.0 Å². The third kappa shape index (κ3) is 3.61. The number of imidazole rings is 1. The number of aromatic nitrogens is 2. The molecule has 1 aliphatic rings. The molecule has 1 amide bonds. The number of benzodiazepines with no additional fused rings is 1. The van der Waals surface area contributed by atoms with Gasteiger partial charge in [-0.15, -0.1) is 0 Å². The van der Waals surface area contributed by atoms with E-state index >= 15 is 0 Å². The summed E-state index contributed by atoms with van der Waals surface area (Å²) in [6.45, 7) is 0. The number of hydrogen-bond acceptors (Lipinski definition) is 3. The van der Waals surface area contributed by atoms with Crippen LogP contribution in [0.2, 0.25) is 10.0 Å². The Morgan fingerprint density at radius 1 is 0.969 bits per heavy atom. The third-order valence-electron chi connectivity index (χ3n) is 5.64. The monoisotopic (exact) mass is 464 g/mol. The van der Waals surface area contributed by atoms with E-state index in [-0.39, 0.29) is 11.6 Å². The number of carbonyl (C=O) groups is 1. The van der Waals surface area contributed by atoms with Crippen LogP contribution in [0.5, 0.6) is 0 Å². The molecule has 1 atom stereocenters. The zero-order valence-corrected chi connectivity index (χ0v) is 18.5. The second-order valence-electron chi connectivity index (χ2n) is 7.69. The number of aliphatic imine (C=N–C) groups is 1. The molecular formula is C24H18Cl2N4O2. The van der Waals surface area contributed by atoms with Crippen LogP contribution in [0.3, 0.4) is 0 Å². The van der Waals surface area contributed by atoms with Gasteiger partial charge >= 0.3 is 5.69 Å². The lowest BCUT2D eigenvalue weighted by molar-refractivity contribution is -0.119. The fourth-order valence-corrected chi connectivity index (χ4v) is 4.41. The quantitative estimate of drug-likeness (QED) is 0.464. The zero-order chi connectivity index (χ0) is 22.4. The van der Waals surface area contributed by atoms with Gasteiger partial charge in [0.15, 0.2) is 0 Å². The van der Waals surface area contributed by atoms with E-state index in [0.717, 1.165) is 16.7 Å². The van der Waals surface area contributed by atoms with Gasteiger partial charge in [-0.1, -0.05) is 47.5 Å². The Balaban J connectivity index is 1.71. The van der Waals surface area contributed by atoms with E-state index in [4.69, 9.17) is 28.2 Å². The number of H-pyrrole nitrogens is 2. The Morgan fingerprint density at radius 3 is 2.56 bits per heavy atom. The summed E-state index contributed by atoms with van der Waals surface area (Å²) >= 11 is 12.7. The molecule has 0 saturated carbocycles. The van der Waals surface area contributed by atoms with Gasteiger partial charge in [0.25, 0.3) is 5.91 Å². The number of aromatic amines is 2. The number of hydrogen-bond donors (Lipinski definition) is 2. The molecule has 0 fully saturated rings. The van der Waals surface area contributed by atoms with Gasteiger partial charge < -0.3 is 14.9 Å². The topological polar surface area (TPSA) is 81.3 Å². The minimum atomic E-state index is -0.679. The first kappa shape index (κ1) is 20.5. The molecule has 0 bridgehead atoms. The Morgan fingerprint density at radius 2 is 1.75 bits per heavy atom. The fourth-order valence-electron chi connectivity index (χ4n) is 4.03. The van der Waals surface area contributed by atoms with Crippen LogP contribution in [0.1, 0.15) is 16.7 Å². The van der Waals surface area contributed by atoms with E-state index in [1.54, 1.807) is 30.1 Å². The molecular weight excluding hydrogens is 447 g/mol. The van der Waals surface area contributed by atoms with E-state index in [1.165, 1.54) is 0 Å². The summed E-state index contributed by atoms with van der Waals surface area (Å²) < 4.78 is 0. The molecule has 0 radical (unpaired) electrons. The van der Waals surface area contributed by atoms with E-state index in [0.29, 0.717) is 38.9 Å². The average molecular weight is 465 g/mol. The molecule has 4 aromatic rings. The summed E-state index contributed by atoms with van der Waals surface area (Å²) in [6.07, 6.45) is 0.358.